The van der Waals surface area contributed by atoms with E-state index in [2.05, 4.69) is 13.8 Å². The predicted octanol–water partition coefficient (Wildman–Crippen LogP) is 3.51. The van der Waals surface area contributed by atoms with E-state index >= 15 is 0 Å². The molecule has 1 aromatic rings. The van der Waals surface area contributed by atoms with Crippen LogP contribution in [0.15, 0.2) is 24.3 Å². The molecule has 0 heterocycles. The van der Waals surface area contributed by atoms with Crippen molar-refractivity contribution in [2.24, 2.45) is 5.41 Å². The van der Waals surface area contributed by atoms with Crippen molar-refractivity contribution in [3.05, 3.63) is 29.8 Å². The number of benzene rings is 1. The number of rotatable bonds is 7. The molecule has 2 N–H and O–H groups in total. The van der Waals surface area contributed by atoms with Crippen LogP contribution in [0, 0.1) is 5.41 Å². The summed E-state index contributed by atoms with van der Waals surface area (Å²) in [7, 11) is 0. The van der Waals surface area contributed by atoms with E-state index in [0.717, 1.165) is 37.7 Å². The lowest BCUT2D eigenvalue weighted by Crippen LogP contribution is -2.27. The van der Waals surface area contributed by atoms with Gasteiger partial charge in [0, 0.05) is 6.61 Å². The summed E-state index contributed by atoms with van der Waals surface area (Å²) in [5.74, 6) is 0.306. The molecule has 0 spiro atoms. The second kappa shape index (κ2) is 6.65. The van der Waals surface area contributed by atoms with Crippen LogP contribution in [0.4, 0.5) is 0 Å². The minimum absolute atomic E-state index is 0.0240. The number of aromatic hydroxyl groups is 1. The highest BCUT2D eigenvalue weighted by Gasteiger charge is 2.27. The third kappa shape index (κ3) is 4.04. The van der Waals surface area contributed by atoms with E-state index < -0.39 is 0 Å². The Morgan fingerprint density at radius 3 is 2.53 bits per heavy atom. The molecule has 0 aliphatic heterocycles. The maximum absolute atomic E-state index is 9.67. The summed E-state index contributed by atoms with van der Waals surface area (Å²) in [5, 5.41) is 19.1. The van der Waals surface area contributed by atoms with E-state index in [4.69, 9.17) is 0 Å². The molecule has 17 heavy (non-hydrogen) atoms. The molecule has 0 aromatic heterocycles. The Morgan fingerprint density at radius 1 is 1.24 bits per heavy atom. The lowest BCUT2D eigenvalue weighted by atomic mass is 9.76. The normalized spacial score (nSPS) is 14.5. The molecule has 1 aromatic carbocycles. The number of aliphatic hydroxyl groups is 1. The van der Waals surface area contributed by atoms with Gasteiger partial charge in [-0.1, -0.05) is 38.8 Å². The summed E-state index contributed by atoms with van der Waals surface area (Å²) < 4.78 is 0. The maximum atomic E-state index is 9.67. The monoisotopic (exact) mass is 236 g/mol. The van der Waals surface area contributed by atoms with Crippen molar-refractivity contribution in [3.63, 3.8) is 0 Å². The number of unbranched alkanes of at least 4 members (excludes halogenated alkanes) is 1. The molecule has 0 aliphatic rings. The maximum Gasteiger partial charge on any atom is 0.115 e. The molecule has 1 atom stereocenters. The van der Waals surface area contributed by atoms with Crippen LogP contribution in [0.1, 0.15) is 45.1 Å². The second-order valence-electron chi connectivity index (χ2n) is 4.96. The van der Waals surface area contributed by atoms with Gasteiger partial charge in [-0.25, -0.2) is 0 Å². The first-order chi connectivity index (χ1) is 8.15. The van der Waals surface area contributed by atoms with Gasteiger partial charge < -0.3 is 10.2 Å². The van der Waals surface area contributed by atoms with Gasteiger partial charge in [-0.3, -0.25) is 0 Å². The quantitative estimate of drug-likeness (QED) is 0.760. The van der Waals surface area contributed by atoms with Crippen LogP contribution in [0.5, 0.6) is 5.75 Å². The van der Waals surface area contributed by atoms with E-state index in [9.17, 15) is 10.2 Å². The summed E-state index contributed by atoms with van der Waals surface area (Å²) in [5.41, 5.74) is 1.08. The third-order valence-electron chi connectivity index (χ3n) is 3.64. The number of phenols is 1. The summed E-state index contributed by atoms with van der Waals surface area (Å²) in [4.78, 5) is 0. The van der Waals surface area contributed by atoms with Crippen LogP contribution in [0.3, 0.4) is 0 Å². The van der Waals surface area contributed by atoms with Gasteiger partial charge in [-0.15, -0.1) is 0 Å². The van der Waals surface area contributed by atoms with Gasteiger partial charge in [-0.05, 0) is 42.4 Å². The minimum Gasteiger partial charge on any atom is -0.508 e. The van der Waals surface area contributed by atoms with Crippen molar-refractivity contribution in [2.75, 3.05) is 6.61 Å². The first-order valence-electron chi connectivity index (χ1n) is 6.54. The lowest BCUT2D eigenvalue weighted by molar-refractivity contribution is 0.107. The van der Waals surface area contributed by atoms with Gasteiger partial charge in [-0.2, -0.15) is 0 Å². The molecular formula is C15H24O2. The van der Waals surface area contributed by atoms with Crippen LogP contribution in [-0.2, 0) is 6.42 Å². The topological polar surface area (TPSA) is 40.5 Å². The van der Waals surface area contributed by atoms with Crippen molar-refractivity contribution in [1.29, 1.82) is 0 Å². The van der Waals surface area contributed by atoms with Gasteiger partial charge in [0.2, 0.25) is 0 Å². The first-order valence-corrected chi connectivity index (χ1v) is 6.54. The van der Waals surface area contributed by atoms with E-state index in [-0.39, 0.29) is 12.0 Å². The van der Waals surface area contributed by atoms with E-state index in [1.54, 1.807) is 12.1 Å². The largest absolute Gasteiger partial charge is 0.508 e. The molecule has 1 rings (SSSR count). The molecule has 96 valence electrons. The fraction of sp³-hybridized carbons (Fsp3) is 0.600. The Morgan fingerprint density at radius 2 is 2.00 bits per heavy atom. The molecule has 0 aliphatic carbocycles. The van der Waals surface area contributed by atoms with Gasteiger partial charge >= 0.3 is 0 Å². The van der Waals surface area contributed by atoms with Crippen molar-refractivity contribution in [2.45, 2.75) is 46.0 Å². The molecule has 2 heteroatoms. The van der Waals surface area contributed by atoms with Gasteiger partial charge in [0.15, 0.2) is 0 Å². The Labute approximate surface area is 104 Å². The Bertz CT molecular complexity index is 329. The lowest BCUT2D eigenvalue weighted by Gasteiger charge is -2.31. The Balaban J connectivity index is 2.78. The SMILES string of the molecule is CCCCC(CC)(CO)Cc1cccc(O)c1. The predicted molar refractivity (Wildman–Crippen MR) is 71.1 cm³/mol. The van der Waals surface area contributed by atoms with Gasteiger partial charge in [0.25, 0.3) is 0 Å². The molecule has 0 saturated carbocycles. The molecule has 0 bridgehead atoms. The second-order valence-corrected chi connectivity index (χ2v) is 4.96. The standard InChI is InChI=1S/C15H24O2/c1-3-5-9-15(4-2,12-16)11-13-7-6-8-14(17)10-13/h6-8,10,16-17H,3-5,9,11-12H2,1-2H3. The highest BCUT2D eigenvalue weighted by Crippen LogP contribution is 2.33. The van der Waals surface area contributed by atoms with Crippen molar-refractivity contribution < 1.29 is 10.2 Å². The number of phenolic OH excluding ortho intramolecular Hbond substituents is 1. The van der Waals surface area contributed by atoms with E-state index in [0.29, 0.717) is 5.75 Å². The molecule has 0 saturated heterocycles. The van der Waals surface area contributed by atoms with Crippen LogP contribution < -0.4 is 0 Å². The van der Waals surface area contributed by atoms with Crippen LogP contribution in [-0.4, -0.2) is 16.8 Å². The summed E-state index contributed by atoms with van der Waals surface area (Å²) in [6, 6.07) is 7.36. The van der Waals surface area contributed by atoms with Crippen LogP contribution in [0.25, 0.3) is 0 Å². The number of hydrogen-bond donors (Lipinski definition) is 2. The van der Waals surface area contributed by atoms with Crippen molar-refractivity contribution in [1.82, 2.24) is 0 Å². The Kier molecular flexibility index (Phi) is 5.49. The summed E-state index contributed by atoms with van der Waals surface area (Å²) in [6.45, 7) is 4.53. The zero-order chi connectivity index (χ0) is 12.7. The molecule has 0 amide bonds. The van der Waals surface area contributed by atoms with Crippen LogP contribution in [0.2, 0.25) is 0 Å². The highest BCUT2D eigenvalue weighted by molar-refractivity contribution is 5.28. The highest BCUT2D eigenvalue weighted by atomic mass is 16.3. The smallest absolute Gasteiger partial charge is 0.115 e. The average Bonchev–Trinajstić information content (AvgIpc) is 2.35. The summed E-state index contributed by atoms with van der Waals surface area (Å²) >= 11 is 0. The number of hydrogen-bond acceptors (Lipinski definition) is 2. The fourth-order valence-electron chi connectivity index (χ4n) is 2.29. The van der Waals surface area contributed by atoms with Crippen molar-refractivity contribution in [3.8, 4) is 5.75 Å². The zero-order valence-electron chi connectivity index (χ0n) is 10.9. The average molecular weight is 236 g/mol. The third-order valence-corrected chi connectivity index (χ3v) is 3.64. The first kappa shape index (κ1) is 14.0. The van der Waals surface area contributed by atoms with E-state index in [1.807, 2.05) is 12.1 Å². The van der Waals surface area contributed by atoms with Crippen molar-refractivity contribution >= 4 is 0 Å². The zero-order valence-corrected chi connectivity index (χ0v) is 10.9. The molecule has 1 unspecified atom stereocenters. The molecular weight excluding hydrogens is 212 g/mol. The summed E-state index contributed by atoms with van der Waals surface area (Å²) in [6.07, 6.45) is 5.16. The van der Waals surface area contributed by atoms with Gasteiger partial charge in [0.05, 0.1) is 0 Å². The van der Waals surface area contributed by atoms with E-state index in [1.165, 1.54) is 0 Å². The molecule has 0 fully saturated rings. The fourth-order valence-corrected chi connectivity index (χ4v) is 2.29. The number of aliphatic hydroxyl groups excluding tert-OH is 1. The van der Waals surface area contributed by atoms with Crippen LogP contribution >= 0.6 is 0 Å². The van der Waals surface area contributed by atoms with Gasteiger partial charge in [0.1, 0.15) is 5.75 Å². The molecule has 2 nitrogen and oxygen atoms in total. The molecule has 0 radical (unpaired) electrons. The minimum atomic E-state index is -0.0240. The Hall–Kier alpha value is -1.02.